The molecule has 3 fully saturated rings. The Morgan fingerprint density at radius 2 is 1.50 bits per heavy atom. The standard InChI is InChI=1S/C16H29NO/c1-12-2-7-16(18)15(8-12)11-17(9-13-3-4-13)10-14-5-6-14/h12-16,18H,2-11H2,1H3. The normalized spacial score (nSPS) is 37.2. The average Bonchev–Trinajstić information content (AvgIpc) is 3.19. The van der Waals surface area contributed by atoms with Crippen LogP contribution in [0.2, 0.25) is 0 Å². The quantitative estimate of drug-likeness (QED) is 0.784. The van der Waals surface area contributed by atoms with Crippen LogP contribution in [0.25, 0.3) is 0 Å². The topological polar surface area (TPSA) is 23.5 Å². The van der Waals surface area contributed by atoms with Gasteiger partial charge in [-0.25, -0.2) is 0 Å². The molecule has 2 heteroatoms. The van der Waals surface area contributed by atoms with Gasteiger partial charge in [-0.05, 0) is 68.6 Å². The predicted molar refractivity (Wildman–Crippen MR) is 74.4 cm³/mol. The summed E-state index contributed by atoms with van der Waals surface area (Å²) in [5.74, 6) is 3.34. The van der Waals surface area contributed by atoms with Crippen LogP contribution in [0.15, 0.2) is 0 Å². The summed E-state index contributed by atoms with van der Waals surface area (Å²) in [5, 5.41) is 10.2. The number of aliphatic hydroxyl groups is 1. The third kappa shape index (κ3) is 3.71. The van der Waals surface area contributed by atoms with Gasteiger partial charge in [0.05, 0.1) is 6.10 Å². The zero-order valence-electron chi connectivity index (χ0n) is 11.9. The average molecular weight is 251 g/mol. The molecule has 3 rings (SSSR count). The molecule has 1 N–H and O–H groups in total. The van der Waals surface area contributed by atoms with E-state index in [4.69, 9.17) is 0 Å². The second-order valence-corrected chi connectivity index (χ2v) is 7.35. The molecule has 0 saturated heterocycles. The molecule has 0 heterocycles. The van der Waals surface area contributed by atoms with Crippen molar-refractivity contribution in [3.05, 3.63) is 0 Å². The van der Waals surface area contributed by atoms with Crippen LogP contribution in [-0.4, -0.2) is 35.7 Å². The molecule has 3 aliphatic carbocycles. The maximum Gasteiger partial charge on any atom is 0.0580 e. The smallest absolute Gasteiger partial charge is 0.0580 e. The Morgan fingerprint density at radius 1 is 0.889 bits per heavy atom. The Hall–Kier alpha value is -0.0800. The summed E-state index contributed by atoms with van der Waals surface area (Å²) in [5.41, 5.74) is 0. The van der Waals surface area contributed by atoms with Crippen LogP contribution in [0.3, 0.4) is 0 Å². The van der Waals surface area contributed by atoms with Gasteiger partial charge in [-0.1, -0.05) is 6.92 Å². The molecule has 104 valence electrons. The van der Waals surface area contributed by atoms with Gasteiger partial charge in [-0.15, -0.1) is 0 Å². The summed E-state index contributed by atoms with van der Waals surface area (Å²) in [6.45, 7) is 6.14. The molecule has 0 amide bonds. The lowest BCUT2D eigenvalue weighted by atomic mass is 9.80. The maximum absolute atomic E-state index is 10.2. The highest BCUT2D eigenvalue weighted by atomic mass is 16.3. The van der Waals surface area contributed by atoms with Crippen LogP contribution in [0, 0.1) is 23.7 Å². The van der Waals surface area contributed by atoms with Gasteiger partial charge in [0.2, 0.25) is 0 Å². The third-order valence-corrected chi connectivity index (χ3v) is 5.12. The summed E-state index contributed by atoms with van der Waals surface area (Å²) >= 11 is 0. The second-order valence-electron chi connectivity index (χ2n) is 7.35. The third-order valence-electron chi connectivity index (χ3n) is 5.12. The Balaban J connectivity index is 1.51. The van der Waals surface area contributed by atoms with Gasteiger partial charge >= 0.3 is 0 Å². The van der Waals surface area contributed by atoms with Crippen molar-refractivity contribution in [2.24, 2.45) is 23.7 Å². The number of hydrogen-bond acceptors (Lipinski definition) is 2. The summed E-state index contributed by atoms with van der Waals surface area (Å²) in [7, 11) is 0. The fourth-order valence-corrected chi connectivity index (χ4v) is 3.57. The van der Waals surface area contributed by atoms with E-state index in [0.717, 1.165) is 24.2 Å². The minimum absolute atomic E-state index is 0.0258. The molecule has 0 aromatic rings. The molecule has 0 aromatic heterocycles. The van der Waals surface area contributed by atoms with E-state index in [2.05, 4.69) is 11.8 Å². The molecule has 0 radical (unpaired) electrons. The zero-order valence-corrected chi connectivity index (χ0v) is 11.9. The lowest BCUT2D eigenvalue weighted by Crippen LogP contribution is -2.40. The maximum atomic E-state index is 10.2. The van der Waals surface area contributed by atoms with E-state index in [1.54, 1.807) is 0 Å². The van der Waals surface area contributed by atoms with Crippen molar-refractivity contribution < 1.29 is 5.11 Å². The van der Waals surface area contributed by atoms with Crippen molar-refractivity contribution >= 4 is 0 Å². The molecule has 18 heavy (non-hydrogen) atoms. The van der Waals surface area contributed by atoms with E-state index in [-0.39, 0.29) is 6.10 Å². The van der Waals surface area contributed by atoms with Crippen molar-refractivity contribution in [1.29, 1.82) is 0 Å². The molecule has 0 spiro atoms. The van der Waals surface area contributed by atoms with Crippen molar-refractivity contribution in [2.45, 2.75) is 58.0 Å². The molecule has 3 aliphatic rings. The van der Waals surface area contributed by atoms with Crippen LogP contribution in [0.4, 0.5) is 0 Å². The van der Waals surface area contributed by atoms with E-state index in [1.807, 2.05) is 0 Å². The minimum Gasteiger partial charge on any atom is -0.393 e. The predicted octanol–water partition coefficient (Wildman–Crippen LogP) is 2.91. The lowest BCUT2D eigenvalue weighted by Gasteiger charge is -2.35. The molecular weight excluding hydrogens is 222 g/mol. The number of rotatable bonds is 6. The van der Waals surface area contributed by atoms with Gasteiger partial charge < -0.3 is 10.0 Å². The van der Waals surface area contributed by atoms with Crippen molar-refractivity contribution in [3.63, 3.8) is 0 Å². The van der Waals surface area contributed by atoms with E-state index >= 15 is 0 Å². The van der Waals surface area contributed by atoms with Crippen LogP contribution < -0.4 is 0 Å². The molecular formula is C16H29NO. The molecule has 3 unspecified atom stereocenters. The van der Waals surface area contributed by atoms with Crippen molar-refractivity contribution in [3.8, 4) is 0 Å². The highest BCUT2D eigenvalue weighted by molar-refractivity contribution is 4.86. The van der Waals surface area contributed by atoms with Gasteiger partial charge in [-0.3, -0.25) is 0 Å². The van der Waals surface area contributed by atoms with Gasteiger partial charge in [-0.2, -0.15) is 0 Å². The molecule has 3 saturated carbocycles. The highest BCUT2D eigenvalue weighted by Crippen LogP contribution is 2.36. The van der Waals surface area contributed by atoms with Gasteiger partial charge in [0, 0.05) is 19.6 Å². The van der Waals surface area contributed by atoms with Crippen LogP contribution >= 0.6 is 0 Å². The highest BCUT2D eigenvalue weighted by Gasteiger charge is 2.33. The molecule has 2 nitrogen and oxygen atoms in total. The first kappa shape index (κ1) is 12.9. The zero-order chi connectivity index (χ0) is 12.5. The molecule has 3 atom stereocenters. The van der Waals surface area contributed by atoms with E-state index < -0.39 is 0 Å². The first-order valence-corrected chi connectivity index (χ1v) is 8.11. The summed E-state index contributed by atoms with van der Waals surface area (Å²) < 4.78 is 0. The monoisotopic (exact) mass is 251 g/mol. The molecule has 0 aromatic carbocycles. The Morgan fingerprint density at radius 3 is 2.06 bits per heavy atom. The molecule has 0 bridgehead atoms. The Kier molecular flexibility index (Phi) is 3.95. The fraction of sp³-hybridized carbons (Fsp3) is 1.00. The van der Waals surface area contributed by atoms with E-state index in [1.165, 1.54) is 58.2 Å². The van der Waals surface area contributed by atoms with Crippen molar-refractivity contribution in [1.82, 2.24) is 4.90 Å². The largest absolute Gasteiger partial charge is 0.393 e. The number of hydrogen-bond donors (Lipinski definition) is 1. The number of aliphatic hydroxyl groups excluding tert-OH is 1. The summed E-state index contributed by atoms with van der Waals surface area (Å²) in [6, 6.07) is 0. The van der Waals surface area contributed by atoms with Crippen LogP contribution in [0.5, 0.6) is 0 Å². The Labute approximate surface area is 112 Å². The van der Waals surface area contributed by atoms with E-state index in [9.17, 15) is 5.11 Å². The van der Waals surface area contributed by atoms with Gasteiger partial charge in [0.15, 0.2) is 0 Å². The minimum atomic E-state index is -0.0258. The van der Waals surface area contributed by atoms with Gasteiger partial charge in [0.1, 0.15) is 0 Å². The lowest BCUT2D eigenvalue weighted by molar-refractivity contribution is 0.0287. The summed E-state index contributed by atoms with van der Waals surface area (Å²) in [6.07, 6.45) is 9.27. The first-order chi connectivity index (χ1) is 8.70. The molecule has 0 aliphatic heterocycles. The van der Waals surface area contributed by atoms with Crippen LogP contribution in [0.1, 0.15) is 51.9 Å². The first-order valence-electron chi connectivity index (χ1n) is 8.11. The second kappa shape index (κ2) is 5.50. The van der Waals surface area contributed by atoms with Gasteiger partial charge in [0.25, 0.3) is 0 Å². The Bertz CT molecular complexity index is 258. The SMILES string of the molecule is CC1CCC(O)C(CN(CC2CC2)CC2CC2)C1. The number of nitrogens with zero attached hydrogens (tertiary/aromatic N) is 1. The van der Waals surface area contributed by atoms with E-state index in [0.29, 0.717) is 5.92 Å². The van der Waals surface area contributed by atoms with Crippen molar-refractivity contribution in [2.75, 3.05) is 19.6 Å². The van der Waals surface area contributed by atoms with Crippen LogP contribution in [-0.2, 0) is 0 Å². The fourth-order valence-electron chi connectivity index (χ4n) is 3.57. The summed E-state index contributed by atoms with van der Waals surface area (Å²) in [4.78, 5) is 2.70.